The van der Waals surface area contributed by atoms with Gasteiger partial charge in [-0.25, -0.2) is 8.42 Å². The molecule has 1 fully saturated rings. The van der Waals surface area contributed by atoms with Crippen LogP contribution in [-0.4, -0.2) is 50.2 Å². The predicted octanol–water partition coefficient (Wildman–Crippen LogP) is 1.95. The summed E-state index contributed by atoms with van der Waals surface area (Å²) in [5, 5.41) is 5.53. The number of hydrogen-bond donors (Lipinski definition) is 2. The molecule has 1 aliphatic heterocycles. The Bertz CT molecular complexity index is 1090. The van der Waals surface area contributed by atoms with E-state index in [2.05, 4.69) is 49.3 Å². The highest BCUT2D eigenvalue weighted by atomic mass is 32.2. The Labute approximate surface area is 183 Å². The van der Waals surface area contributed by atoms with Gasteiger partial charge >= 0.3 is 0 Å². The van der Waals surface area contributed by atoms with Crippen LogP contribution in [-0.2, 0) is 21.2 Å². The number of carbonyl (C=O) groups is 2. The van der Waals surface area contributed by atoms with Gasteiger partial charge in [-0.3, -0.25) is 9.59 Å². The number of rotatable bonds is 8. The Morgan fingerprint density at radius 1 is 1.10 bits per heavy atom. The summed E-state index contributed by atoms with van der Waals surface area (Å²) in [6, 6.07) is 11.9. The average molecular weight is 442 g/mol. The van der Waals surface area contributed by atoms with Crippen LogP contribution in [0.5, 0.6) is 0 Å². The van der Waals surface area contributed by atoms with E-state index in [-0.39, 0.29) is 35.8 Å². The van der Waals surface area contributed by atoms with Crippen molar-refractivity contribution >= 4 is 21.8 Å². The van der Waals surface area contributed by atoms with E-state index in [1.807, 2.05) is 0 Å². The number of sulfonamides is 1. The molecule has 1 aliphatic rings. The van der Waals surface area contributed by atoms with Crippen molar-refractivity contribution in [2.75, 3.05) is 19.6 Å². The standard InChI is InChI=1S/C23H27N3O4S/c1-4-22(27)25-20-14-26(15-20)31(29,30)21-9-7-19(8-10-21)23(28)24-12-11-18-6-5-16(2)17(3)13-18/h4-10,13,20H,1,11-12,14-15H2,2-3H3,(H,24,28)(H,25,27). The minimum atomic E-state index is -3.66. The fourth-order valence-electron chi connectivity index (χ4n) is 3.29. The predicted molar refractivity (Wildman–Crippen MR) is 119 cm³/mol. The first-order chi connectivity index (χ1) is 14.7. The van der Waals surface area contributed by atoms with Crippen molar-refractivity contribution in [3.05, 3.63) is 77.4 Å². The second-order valence-electron chi connectivity index (χ2n) is 7.68. The number of nitrogens with one attached hydrogen (secondary N) is 2. The van der Waals surface area contributed by atoms with Crippen molar-refractivity contribution in [1.29, 1.82) is 0 Å². The van der Waals surface area contributed by atoms with Crippen molar-refractivity contribution in [2.45, 2.75) is 31.2 Å². The fraction of sp³-hybridized carbons (Fsp3) is 0.304. The zero-order chi connectivity index (χ0) is 22.6. The van der Waals surface area contributed by atoms with Gasteiger partial charge in [-0.15, -0.1) is 0 Å². The largest absolute Gasteiger partial charge is 0.352 e. The maximum absolute atomic E-state index is 12.7. The topological polar surface area (TPSA) is 95.6 Å². The molecule has 8 heteroatoms. The first-order valence-electron chi connectivity index (χ1n) is 10.1. The van der Waals surface area contributed by atoms with Crippen LogP contribution in [0.4, 0.5) is 0 Å². The van der Waals surface area contributed by atoms with Gasteiger partial charge in [0.1, 0.15) is 0 Å². The number of benzene rings is 2. The van der Waals surface area contributed by atoms with E-state index < -0.39 is 10.0 Å². The third-order valence-corrected chi connectivity index (χ3v) is 7.25. The molecule has 0 spiro atoms. The van der Waals surface area contributed by atoms with Crippen LogP contribution < -0.4 is 10.6 Å². The molecule has 7 nitrogen and oxygen atoms in total. The molecule has 31 heavy (non-hydrogen) atoms. The highest BCUT2D eigenvalue weighted by Gasteiger charge is 2.37. The van der Waals surface area contributed by atoms with E-state index in [1.54, 1.807) is 0 Å². The van der Waals surface area contributed by atoms with E-state index in [9.17, 15) is 18.0 Å². The van der Waals surface area contributed by atoms with Gasteiger partial charge in [-0.2, -0.15) is 4.31 Å². The van der Waals surface area contributed by atoms with Gasteiger partial charge in [0.2, 0.25) is 15.9 Å². The molecule has 3 rings (SSSR count). The summed E-state index contributed by atoms with van der Waals surface area (Å²) in [7, 11) is -3.66. The Balaban J connectivity index is 1.53. The third kappa shape index (κ3) is 5.39. The van der Waals surface area contributed by atoms with Crippen LogP contribution in [0.1, 0.15) is 27.0 Å². The molecule has 0 atom stereocenters. The van der Waals surface area contributed by atoms with Crippen molar-refractivity contribution in [2.24, 2.45) is 0 Å². The Morgan fingerprint density at radius 2 is 1.77 bits per heavy atom. The summed E-state index contributed by atoms with van der Waals surface area (Å²) in [5.74, 6) is -0.571. The van der Waals surface area contributed by atoms with Crippen molar-refractivity contribution < 1.29 is 18.0 Å². The summed E-state index contributed by atoms with van der Waals surface area (Å²) < 4.78 is 26.6. The van der Waals surface area contributed by atoms with E-state index in [4.69, 9.17) is 0 Å². The van der Waals surface area contributed by atoms with Crippen molar-refractivity contribution in [1.82, 2.24) is 14.9 Å². The smallest absolute Gasteiger partial charge is 0.251 e. The first-order valence-corrected chi connectivity index (χ1v) is 11.5. The molecule has 0 bridgehead atoms. The molecule has 2 amide bonds. The van der Waals surface area contributed by atoms with E-state index in [0.29, 0.717) is 12.1 Å². The van der Waals surface area contributed by atoms with Gasteiger partial charge in [0, 0.05) is 25.2 Å². The lowest BCUT2D eigenvalue weighted by Gasteiger charge is -2.38. The highest BCUT2D eigenvalue weighted by Crippen LogP contribution is 2.22. The molecule has 2 aromatic carbocycles. The molecular formula is C23H27N3O4S. The lowest BCUT2D eigenvalue weighted by atomic mass is 10.0. The minimum absolute atomic E-state index is 0.118. The Morgan fingerprint density at radius 3 is 2.39 bits per heavy atom. The summed E-state index contributed by atoms with van der Waals surface area (Å²) in [6.45, 7) is 8.41. The van der Waals surface area contributed by atoms with Crippen LogP contribution in [0.25, 0.3) is 0 Å². The number of hydrogen-bond acceptors (Lipinski definition) is 4. The number of carbonyl (C=O) groups excluding carboxylic acids is 2. The van der Waals surface area contributed by atoms with Crippen LogP contribution in [0, 0.1) is 13.8 Å². The summed E-state index contributed by atoms with van der Waals surface area (Å²) in [4.78, 5) is 23.8. The highest BCUT2D eigenvalue weighted by molar-refractivity contribution is 7.89. The quantitative estimate of drug-likeness (QED) is 0.612. The van der Waals surface area contributed by atoms with Crippen LogP contribution in [0.15, 0.2) is 60.0 Å². The van der Waals surface area contributed by atoms with E-state index in [1.165, 1.54) is 39.7 Å². The van der Waals surface area contributed by atoms with Crippen LogP contribution in [0.3, 0.4) is 0 Å². The Hall–Kier alpha value is -2.97. The fourth-order valence-corrected chi connectivity index (χ4v) is 4.83. The molecule has 0 aliphatic carbocycles. The van der Waals surface area contributed by atoms with Gasteiger partial charge in [0.15, 0.2) is 0 Å². The summed E-state index contributed by atoms with van der Waals surface area (Å²) in [5.41, 5.74) is 4.01. The third-order valence-electron chi connectivity index (χ3n) is 5.40. The summed E-state index contributed by atoms with van der Waals surface area (Å²) >= 11 is 0. The molecule has 164 valence electrons. The maximum atomic E-state index is 12.7. The lowest BCUT2D eigenvalue weighted by Crippen LogP contribution is -2.60. The normalized spacial score (nSPS) is 14.5. The second kappa shape index (κ2) is 9.45. The number of amides is 2. The number of aryl methyl sites for hydroxylation is 2. The molecule has 2 N–H and O–H groups in total. The molecule has 1 heterocycles. The van der Waals surface area contributed by atoms with Gasteiger partial charge in [0.25, 0.3) is 5.91 Å². The average Bonchev–Trinajstić information content (AvgIpc) is 2.72. The van der Waals surface area contributed by atoms with Gasteiger partial charge in [-0.1, -0.05) is 24.8 Å². The molecule has 0 saturated carbocycles. The van der Waals surface area contributed by atoms with Crippen LogP contribution in [0.2, 0.25) is 0 Å². The molecule has 0 unspecified atom stereocenters. The van der Waals surface area contributed by atoms with Gasteiger partial charge in [0.05, 0.1) is 10.9 Å². The molecule has 0 aromatic heterocycles. The lowest BCUT2D eigenvalue weighted by molar-refractivity contribution is -0.117. The molecule has 2 aromatic rings. The molecular weight excluding hydrogens is 414 g/mol. The summed E-state index contributed by atoms with van der Waals surface area (Å²) in [6.07, 6.45) is 1.88. The maximum Gasteiger partial charge on any atom is 0.251 e. The van der Waals surface area contributed by atoms with Crippen molar-refractivity contribution in [3.8, 4) is 0 Å². The Kier molecular flexibility index (Phi) is 6.92. The molecule has 0 radical (unpaired) electrons. The minimum Gasteiger partial charge on any atom is -0.352 e. The van der Waals surface area contributed by atoms with Gasteiger partial charge in [-0.05, 0) is 67.3 Å². The zero-order valence-corrected chi connectivity index (χ0v) is 18.5. The second-order valence-corrected chi connectivity index (χ2v) is 9.62. The number of nitrogens with zero attached hydrogens (tertiary/aromatic N) is 1. The zero-order valence-electron chi connectivity index (χ0n) is 17.7. The SMILES string of the molecule is C=CC(=O)NC1CN(S(=O)(=O)c2ccc(C(=O)NCCc3ccc(C)c(C)c3)cc2)C1. The van der Waals surface area contributed by atoms with Crippen molar-refractivity contribution in [3.63, 3.8) is 0 Å². The molecule has 1 saturated heterocycles. The van der Waals surface area contributed by atoms with E-state index >= 15 is 0 Å². The van der Waals surface area contributed by atoms with Crippen LogP contribution >= 0.6 is 0 Å². The van der Waals surface area contributed by atoms with Gasteiger partial charge < -0.3 is 10.6 Å². The first kappa shape index (κ1) is 22.7. The monoisotopic (exact) mass is 441 g/mol. The van der Waals surface area contributed by atoms with E-state index in [0.717, 1.165) is 18.1 Å².